The van der Waals surface area contributed by atoms with Gasteiger partial charge in [0.1, 0.15) is 0 Å². The number of anilines is 1. The number of nitrogens with one attached hydrogen (secondary N) is 1. The van der Waals surface area contributed by atoms with Gasteiger partial charge < -0.3 is 15.0 Å². The van der Waals surface area contributed by atoms with E-state index in [-0.39, 0.29) is 17.8 Å². The van der Waals surface area contributed by atoms with Gasteiger partial charge in [-0.05, 0) is 24.1 Å². The predicted octanol–water partition coefficient (Wildman–Crippen LogP) is 3.07. The first-order valence-electron chi connectivity index (χ1n) is 8.07. The topological polar surface area (TPSA) is 84.7 Å². The summed E-state index contributed by atoms with van der Waals surface area (Å²) in [5, 5.41) is 13.5. The Labute approximate surface area is 145 Å². The average Bonchev–Trinajstić information content (AvgIpc) is 2.63. The van der Waals surface area contributed by atoms with E-state index in [0.717, 1.165) is 5.56 Å². The molecule has 25 heavy (non-hydrogen) atoms. The molecule has 1 saturated heterocycles. The van der Waals surface area contributed by atoms with Gasteiger partial charge in [0.2, 0.25) is 0 Å². The maximum absolute atomic E-state index is 12.6. The first kappa shape index (κ1) is 16.9. The predicted molar refractivity (Wildman–Crippen MR) is 93.6 cm³/mol. The molecule has 3 rings (SSSR count). The van der Waals surface area contributed by atoms with Gasteiger partial charge in [0.15, 0.2) is 0 Å². The molecule has 130 valence electrons. The van der Waals surface area contributed by atoms with E-state index in [9.17, 15) is 14.9 Å². The molecule has 7 nitrogen and oxygen atoms in total. The number of rotatable bonds is 4. The maximum Gasteiger partial charge on any atom is 0.322 e. The Bertz CT molecular complexity index is 734. The highest BCUT2D eigenvalue weighted by Crippen LogP contribution is 2.18. The quantitative estimate of drug-likeness (QED) is 0.684. The van der Waals surface area contributed by atoms with Gasteiger partial charge in [-0.15, -0.1) is 0 Å². The van der Waals surface area contributed by atoms with Crippen molar-refractivity contribution in [1.82, 2.24) is 4.90 Å². The number of carbonyl (C=O) groups is 1. The van der Waals surface area contributed by atoms with Crippen LogP contribution < -0.4 is 5.32 Å². The summed E-state index contributed by atoms with van der Waals surface area (Å²) in [5.74, 6) is 0. The molecule has 1 aliphatic heterocycles. The maximum atomic E-state index is 12.6. The highest BCUT2D eigenvalue weighted by Gasteiger charge is 2.27. The molecular weight excluding hydrogens is 322 g/mol. The summed E-state index contributed by atoms with van der Waals surface area (Å²) in [7, 11) is 0. The Morgan fingerprint density at radius 2 is 1.92 bits per heavy atom. The third kappa shape index (κ3) is 4.33. The van der Waals surface area contributed by atoms with Crippen LogP contribution in [-0.4, -0.2) is 41.7 Å². The second-order valence-electron chi connectivity index (χ2n) is 5.85. The van der Waals surface area contributed by atoms with Crippen molar-refractivity contribution in [1.29, 1.82) is 0 Å². The van der Waals surface area contributed by atoms with E-state index in [1.807, 2.05) is 30.3 Å². The molecule has 1 heterocycles. The van der Waals surface area contributed by atoms with Crippen LogP contribution in [0.25, 0.3) is 0 Å². The number of carbonyl (C=O) groups excluding carboxylic acids is 1. The van der Waals surface area contributed by atoms with E-state index < -0.39 is 4.92 Å². The van der Waals surface area contributed by atoms with Crippen molar-refractivity contribution in [2.45, 2.75) is 12.5 Å². The molecule has 1 unspecified atom stereocenters. The highest BCUT2D eigenvalue weighted by atomic mass is 16.6. The van der Waals surface area contributed by atoms with Crippen molar-refractivity contribution < 1.29 is 14.5 Å². The normalized spacial score (nSPS) is 17.1. The number of ether oxygens (including phenoxy) is 1. The van der Waals surface area contributed by atoms with Crippen molar-refractivity contribution >= 4 is 17.4 Å². The van der Waals surface area contributed by atoms with Crippen molar-refractivity contribution in [2.75, 3.05) is 25.1 Å². The lowest BCUT2D eigenvalue weighted by Gasteiger charge is -2.35. The van der Waals surface area contributed by atoms with Crippen LogP contribution in [0.5, 0.6) is 0 Å². The number of hydrogen-bond donors (Lipinski definition) is 1. The number of benzene rings is 2. The van der Waals surface area contributed by atoms with Crippen molar-refractivity contribution in [3.8, 4) is 0 Å². The van der Waals surface area contributed by atoms with Crippen molar-refractivity contribution in [2.24, 2.45) is 0 Å². The third-order valence-corrected chi connectivity index (χ3v) is 4.13. The SMILES string of the molecule is O=C(Nc1ccc([N+](=O)[O-])cc1)N1CCOCC1Cc1ccccc1. The smallest absolute Gasteiger partial charge is 0.322 e. The summed E-state index contributed by atoms with van der Waals surface area (Å²) in [5.41, 5.74) is 1.66. The summed E-state index contributed by atoms with van der Waals surface area (Å²) in [6.45, 7) is 1.50. The van der Waals surface area contributed by atoms with Gasteiger partial charge >= 0.3 is 6.03 Å². The summed E-state index contributed by atoms with van der Waals surface area (Å²) < 4.78 is 5.53. The number of nitro groups is 1. The van der Waals surface area contributed by atoms with Gasteiger partial charge in [0.25, 0.3) is 5.69 Å². The number of urea groups is 1. The lowest BCUT2D eigenvalue weighted by Crippen LogP contribution is -2.51. The molecule has 0 aromatic heterocycles. The van der Waals surface area contributed by atoms with E-state index in [0.29, 0.717) is 31.9 Å². The van der Waals surface area contributed by atoms with E-state index in [2.05, 4.69) is 5.32 Å². The summed E-state index contributed by atoms with van der Waals surface area (Å²) >= 11 is 0. The number of non-ortho nitro benzene ring substituents is 1. The third-order valence-electron chi connectivity index (χ3n) is 4.13. The zero-order chi connectivity index (χ0) is 17.6. The van der Waals surface area contributed by atoms with Gasteiger partial charge in [-0.3, -0.25) is 10.1 Å². The van der Waals surface area contributed by atoms with E-state index in [4.69, 9.17) is 4.74 Å². The minimum Gasteiger partial charge on any atom is -0.377 e. The van der Waals surface area contributed by atoms with E-state index in [1.165, 1.54) is 24.3 Å². The molecule has 2 aromatic rings. The molecule has 1 N–H and O–H groups in total. The Morgan fingerprint density at radius 1 is 1.20 bits per heavy atom. The molecule has 0 radical (unpaired) electrons. The fourth-order valence-electron chi connectivity index (χ4n) is 2.84. The number of morpholine rings is 1. The van der Waals surface area contributed by atoms with Gasteiger partial charge in [0, 0.05) is 24.4 Å². The number of amides is 2. The van der Waals surface area contributed by atoms with Crippen molar-refractivity contribution in [3.63, 3.8) is 0 Å². The molecule has 7 heteroatoms. The zero-order valence-corrected chi connectivity index (χ0v) is 13.6. The number of nitro benzene ring substituents is 1. The van der Waals surface area contributed by atoms with Crippen LogP contribution in [0, 0.1) is 10.1 Å². The highest BCUT2D eigenvalue weighted by molar-refractivity contribution is 5.89. The van der Waals surface area contributed by atoms with Crippen LogP contribution in [0.15, 0.2) is 54.6 Å². The van der Waals surface area contributed by atoms with E-state index >= 15 is 0 Å². The second-order valence-corrected chi connectivity index (χ2v) is 5.85. The van der Waals surface area contributed by atoms with Gasteiger partial charge in [-0.2, -0.15) is 0 Å². The lowest BCUT2D eigenvalue weighted by molar-refractivity contribution is -0.384. The van der Waals surface area contributed by atoms with Gasteiger partial charge in [-0.1, -0.05) is 30.3 Å². The van der Waals surface area contributed by atoms with Crippen LogP contribution in [0.1, 0.15) is 5.56 Å². The standard InChI is InChI=1S/C18H19N3O4/c22-18(19-15-6-8-16(9-7-15)21(23)24)20-10-11-25-13-17(20)12-14-4-2-1-3-5-14/h1-9,17H,10-13H2,(H,19,22). The van der Waals surface area contributed by atoms with Crippen LogP contribution in [0.2, 0.25) is 0 Å². The minimum atomic E-state index is -0.469. The molecule has 2 aromatic carbocycles. The number of nitrogens with zero attached hydrogens (tertiary/aromatic N) is 2. The minimum absolute atomic E-state index is 0.00803. The Morgan fingerprint density at radius 3 is 2.60 bits per heavy atom. The largest absolute Gasteiger partial charge is 0.377 e. The zero-order valence-electron chi connectivity index (χ0n) is 13.6. The lowest BCUT2D eigenvalue weighted by atomic mass is 10.0. The molecule has 1 aliphatic rings. The van der Waals surface area contributed by atoms with Crippen LogP contribution >= 0.6 is 0 Å². The van der Waals surface area contributed by atoms with Gasteiger partial charge in [-0.25, -0.2) is 4.79 Å². The molecule has 2 amide bonds. The fraction of sp³-hybridized carbons (Fsp3) is 0.278. The second kappa shape index (κ2) is 7.76. The monoisotopic (exact) mass is 341 g/mol. The first-order valence-corrected chi connectivity index (χ1v) is 8.07. The molecule has 1 fully saturated rings. The Hall–Kier alpha value is -2.93. The van der Waals surface area contributed by atoms with E-state index in [1.54, 1.807) is 4.90 Å². The Balaban J connectivity index is 1.67. The Kier molecular flexibility index (Phi) is 5.25. The van der Waals surface area contributed by atoms with Gasteiger partial charge in [0.05, 0.1) is 24.2 Å². The van der Waals surface area contributed by atoms with Crippen LogP contribution in [0.4, 0.5) is 16.2 Å². The molecule has 1 atom stereocenters. The summed E-state index contributed by atoms with van der Waals surface area (Å²) in [4.78, 5) is 24.6. The first-order chi connectivity index (χ1) is 12.1. The molecule has 0 spiro atoms. The van der Waals surface area contributed by atoms with Crippen LogP contribution in [-0.2, 0) is 11.2 Å². The molecule has 0 aliphatic carbocycles. The molecule has 0 bridgehead atoms. The molecule has 0 saturated carbocycles. The van der Waals surface area contributed by atoms with Crippen molar-refractivity contribution in [3.05, 3.63) is 70.3 Å². The fourth-order valence-corrected chi connectivity index (χ4v) is 2.84. The average molecular weight is 341 g/mol. The van der Waals surface area contributed by atoms with Crippen LogP contribution in [0.3, 0.4) is 0 Å². The number of hydrogen-bond acceptors (Lipinski definition) is 4. The summed E-state index contributed by atoms with van der Waals surface area (Å²) in [6.07, 6.45) is 0.717. The summed E-state index contributed by atoms with van der Waals surface area (Å²) in [6, 6.07) is 15.5. The molecular formula is C18H19N3O4.